The Balaban J connectivity index is 1.69. The van der Waals surface area contributed by atoms with Crippen LogP contribution in [-0.4, -0.2) is 40.5 Å². The van der Waals surface area contributed by atoms with E-state index >= 15 is 0 Å². The van der Waals surface area contributed by atoms with E-state index in [0.29, 0.717) is 23.5 Å². The van der Waals surface area contributed by atoms with Crippen molar-refractivity contribution in [1.82, 2.24) is 4.90 Å². The minimum Gasteiger partial charge on any atom is -0.459 e. The standard InChI is InChI=1S/C24H26N2O3S/c1-24(2,3)29-21(27)15-26-13-12-19-14-17(8-11-20(19)23(26)28)5-4-16-6-9-18(10-7-16)22(25)30/h4-11,14H,12-13,15H2,1-3H3,(H2,25,30)/b5-4+. The molecule has 0 saturated carbocycles. The van der Waals surface area contributed by atoms with Gasteiger partial charge in [-0.1, -0.05) is 60.8 Å². The van der Waals surface area contributed by atoms with E-state index in [1.165, 1.54) is 0 Å². The predicted molar refractivity (Wildman–Crippen MR) is 123 cm³/mol. The van der Waals surface area contributed by atoms with Crippen LogP contribution in [0, 0.1) is 0 Å². The van der Waals surface area contributed by atoms with Gasteiger partial charge in [-0.2, -0.15) is 0 Å². The molecule has 0 fully saturated rings. The number of carbonyl (C=O) groups excluding carboxylic acids is 2. The molecular formula is C24H26N2O3S. The summed E-state index contributed by atoms with van der Waals surface area (Å²) in [6.45, 7) is 5.91. The molecule has 1 aliphatic rings. The van der Waals surface area contributed by atoms with Gasteiger partial charge in [-0.05, 0) is 49.9 Å². The molecule has 0 radical (unpaired) electrons. The Labute approximate surface area is 182 Å². The van der Waals surface area contributed by atoms with Gasteiger partial charge in [0.2, 0.25) is 0 Å². The van der Waals surface area contributed by atoms with Crippen LogP contribution in [0.3, 0.4) is 0 Å². The molecule has 0 bridgehead atoms. The number of hydrogen-bond donors (Lipinski definition) is 1. The Bertz CT molecular complexity index is 1000. The molecule has 30 heavy (non-hydrogen) atoms. The summed E-state index contributed by atoms with van der Waals surface area (Å²) in [5.41, 5.74) is 9.58. The molecule has 0 aliphatic carbocycles. The quantitative estimate of drug-likeness (QED) is 0.450. The zero-order valence-electron chi connectivity index (χ0n) is 17.5. The van der Waals surface area contributed by atoms with E-state index < -0.39 is 5.60 Å². The highest BCUT2D eigenvalue weighted by Gasteiger charge is 2.27. The molecule has 0 spiro atoms. The zero-order chi connectivity index (χ0) is 21.9. The second kappa shape index (κ2) is 8.79. The molecule has 1 aliphatic heterocycles. The molecule has 1 amide bonds. The monoisotopic (exact) mass is 422 g/mol. The number of thiocarbonyl (C=S) groups is 1. The van der Waals surface area contributed by atoms with E-state index in [4.69, 9.17) is 22.7 Å². The van der Waals surface area contributed by atoms with Crippen molar-refractivity contribution in [2.75, 3.05) is 13.1 Å². The Morgan fingerprint density at radius 2 is 1.77 bits per heavy atom. The lowest BCUT2D eigenvalue weighted by atomic mass is 9.96. The average Bonchev–Trinajstić information content (AvgIpc) is 2.67. The van der Waals surface area contributed by atoms with Crippen LogP contribution in [0.15, 0.2) is 42.5 Å². The topological polar surface area (TPSA) is 72.6 Å². The van der Waals surface area contributed by atoms with Crippen LogP contribution in [-0.2, 0) is 16.0 Å². The number of hydrogen-bond acceptors (Lipinski definition) is 4. The van der Waals surface area contributed by atoms with Gasteiger partial charge in [-0.3, -0.25) is 9.59 Å². The summed E-state index contributed by atoms with van der Waals surface area (Å²) in [5, 5.41) is 0. The van der Waals surface area contributed by atoms with Crippen LogP contribution in [0.1, 0.15) is 53.4 Å². The van der Waals surface area contributed by atoms with E-state index in [9.17, 15) is 9.59 Å². The molecule has 3 rings (SSSR count). The number of esters is 1. The molecule has 2 aromatic rings. The number of nitrogens with two attached hydrogens (primary N) is 1. The van der Waals surface area contributed by atoms with Gasteiger partial charge in [0.25, 0.3) is 5.91 Å². The number of rotatable bonds is 5. The van der Waals surface area contributed by atoms with Crippen LogP contribution in [0.4, 0.5) is 0 Å². The fourth-order valence-electron chi connectivity index (χ4n) is 3.29. The van der Waals surface area contributed by atoms with Crippen molar-refractivity contribution in [2.24, 2.45) is 5.73 Å². The van der Waals surface area contributed by atoms with Crippen molar-refractivity contribution in [3.63, 3.8) is 0 Å². The largest absolute Gasteiger partial charge is 0.459 e. The lowest BCUT2D eigenvalue weighted by molar-refractivity contribution is -0.155. The van der Waals surface area contributed by atoms with Gasteiger partial charge in [0, 0.05) is 17.7 Å². The van der Waals surface area contributed by atoms with Gasteiger partial charge in [0.1, 0.15) is 17.1 Å². The fourth-order valence-corrected chi connectivity index (χ4v) is 3.43. The van der Waals surface area contributed by atoms with Gasteiger partial charge in [-0.25, -0.2) is 0 Å². The van der Waals surface area contributed by atoms with Gasteiger partial charge < -0.3 is 15.4 Å². The zero-order valence-corrected chi connectivity index (χ0v) is 18.3. The van der Waals surface area contributed by atoms with Gasteiger partial charge in [-0.15, -0.1) is 0 Å². The average molecular weight is 423 g/mol. The summed E-state index contributed by atoms with van der Waals surface area (Å²) in [7, 11) is 0. The number of fused-ring (bicyclic) bond motifs is 1. The molecule has 156 valence electrons. The maximum Gasteiger partial charge on any atom is 0.326 e. The number of ether oxygens (including phenoxy) is 1. The SMILES string of the molecule is CC(C)(C)OC(=O)CN1CCc2cc(/C=C/c3ccc(C(N)=S)cc3)ccc2C1=O. The van der Waals surface area contributed by atoms with E-state index in [-0.39, 0.29) is 18.4 Å². The van der Waals surface area contributed by atoms with Crippen LogP contribution in [0.25, 0.3) is 12.2 Å². The smallest absolute Gasteiger partial charge is 0.326 e. The lowest BCUT2D eigenvalue weighted by Crippen LogP contribution is -2.42. The lowest BCUT2D eigenvalue weighted by Gasteiger charge is -2.29. The van der Waals surface area contributed by atoms with E-state index in [2.05, 4.69) is 0 Å². The Morgan fingerprint density at radius 3 is 2.40 bits per heavy atom. The third-order valence-electron chi connectivity index (χ3n) is 4.70. The second-order valence-electron chi connectivity index (χ2n) is 8.30. The highest BCUT2D eigenvalue weighted by atomic mass is 32.1. The van der Waals surface area contributed by atoms with Gasteiger partial charge in [0.15, 0.2) is 0 Å². The number of nitrogens with zero attached hydrogens (tertiary/aromatic N) is 1. The molecule has 1 heterocycles. The highest BCUT2D eigenvalue weighted by molar-refractivity contribution is 7.80. The first-order chi connectivity index (χ1) is 14.1. The van der Waals surface area contributed by atoms with Crippen molar-refractivity contribution < 1.29 is 14.3 Å². The summed E-state index contributed by atoms with van der Waals surface area (Å²) in [6, 6.07) is 13.5. The minimum atomic E-state index is -0.564. The van der Waals surface area contributed by atoms with E-state index in [1.807, 2.05) is 75.4 Å². The van der Waals surface area contributed by atoms with E-state index in [1.54, 1.807) is 4.90 Å². The minimum absolute atomic E-state index is 0.0283. The van der Waals surface area contributed by atoms with Crippen molar-refractivity contribution in [2.45, 2.75) is 32.8 Å². The van der Waals surface area contributed by atoms with Gasteiger partial charge in [0.05, 0.1) is 0 Å². The van der Waals surface area contributed by atoms with Crippen molar-refractivity contribution in [1.29, 1.82) is 0 Å². The molecule has 2 aromatic carbocycles. The highest BCUT2D eigenvalue weighted by Crippen LogP contribution is 2.22. The molecule has 0 atom stereocenters. The molecule has 0 unspecified atom stereocenters. The first-order valence-electron chi connectivity index (χ1n) is 9.84. The maximum absolute atomic E-state index is 12.8. The summed E-state index contributed by atoms with van der Waals surface area (Å²) >= 11 is 4.97. The summed E-state index contributed by atoms with van der Waals surface area (Å²) < 4.78 is 5.33. The van der Waals surface area contributed by atoms with Crippen LogP contribution in [0.2, 0.25) is 0 Å². The third kappa shape index (κ3) is 5.54. The molecule has 2 N–H and O–H groups in total. The van der Waals surface area contributed by atoms with E-state index in [0.717, 1.165) is 22.3 Å². The first-order valence-corrected chi connectivity index (χ1v) is 10.3. The predicted octanol–water partition coefficient (Wildman–Crippen LogP) is 3.83. The Hall–Kier alpha value is -2.99. The molecule has 6 heteroatoms. The maximum atomic E-state index is 12.8. The number of benzene rings is 2. The summed E-state index contributed by atoms with van der Waals surface area (Å²) in [6.07, 6.45) is 4.71. The Morgan fingerprint density at radius 1 is 1.13 bits per heavy atom. The van der Waals surface area contributed by atoms with Crippen molar-refractivity contribution in [3.8, 4) is 0 Å². The summed E-state index contributed by atoms with van der Waals surface area (Å²) in [5.74, 6) is -0.522. The van der Waals surface area contributed by atoms with Crippen molar-refractivity contribution in [3.05, 3.63) is 70.3 Å². The summed E-state index contributed by atoms with van der Waals surface area (Å²) in [4.78, 5) is 26.8. The Kier molecular flexibility index (Phi) is 6.37. The fraction of sp³-hybridized carbons (Fsp3) is 0.292. The molecule has 0 aromatic heterocycles. The molecular weight excluding hydrogens is 396 g/mol. The number of amides is 1. The van der Waals surface area contributed by atoms with Gasteiger partial charge >= 0.3 is 5.97 Å². The molecule has 5 nitrogen and oxygen atoms in total. The molecule has 0 saturated heterocycles. The second-order valence-corrected chi connectivity index (χ2v) is 8.74. The number of carbonyl (C=O) groups is 2. The first kappa shape index (κ1) is 21.7. The third-order valence-corrected chi connectivity index (χ3v) is 4.94. The van der Waals surface area contributed by atoms with Crippen LogP contribution < -0.4 is 5.73 Å². The van der Waals surface area contributed by atoms with Crippen molar-refractivity contribution >= 4 is 41.2 Å². The van der Waals surface area contributed by atoms with Crippen LogP contribution in [0.5, 0.6) is 0 Å². The van der Waals surface area contributed by atoms with Crippen LogP contribution >= 0.6 is 12.2 Å². The normalized spacial score (nSPS) is 14.0.